The lowest BCUT2D eigenvalue weighted by Gasteiger charge is -2.36. The highest BCUT2D eigenvalue weighted by Crippen LogP contribution is 2.63. The molecule has 0 aromatic heterocycles. The van der Waals surface area contributed by atoms with Gasteiger partial charge in [-0.25, -0.2) is 0 Å². The average Bonchev–Trinajstić information content (AvgIpc) is 3.49. The number of hydrogen-bond acceptors (Lipinski definition) is 1. The van der Waals surface area contributed by atoms with E-state index in [4.69, 9.17) is 0 Å². The molecule has 226 valence electrons. The van der Waals surface area contributed by atoms with Gasteiger partial charge in [-0.2, -0.15) is 0 Å². The number of fused-ring (bicyclic) bond motifs is 5. The molecular weight excluding hydrogens is 579 g/mol. The van der Waals surface area contributed by atoms with Gasteiger partial charge in [0, 0.05) is 22.5 Å². The van der Waals surface area contributed by atoms with Crippen LogP contribution in [0.2, 0.25) is 0 Å². The summed E-state index contributed by atoms with van der Waals surface area (Å²) in [5.41, 5.74) is 13.0. The lowest BCUT2D eigenvalue weighted by Crippen LogP contribution is -2.29. The molecule has 1 heteroatoms. The number of rotatable bonds is 6. The Kier molecular flexibility index (Phi) is 6.76. The van der Waals surface area contributed by atoms with E-state index in [-0.39, 0.29) is 0 Å². The van der Waals surface area contributed by atoms with Gasteiger partial charge in [-0.3, -0.25) is 0 Å². The van der Waals surface area contributed by atoms with Crippen LogP contribution in [-0.2, 0) is 5.41 Å². The minimum absolute atomic E-state index is 0.545. The number of anilines is 3. The SMILES string of the molecule is c1ccc(-c2c(N(c3ccccc3)c3ccccc3)c3c(c4ccccc24)C(c2ccccc2)(c2ccccc2)c2ccccc2-3)cc1. The molecule has 1 aliphatic rings. The largest absolute Gasteiger partial charge is 0.309 e. The van der Waals surface area contributed by atoms with Crippen molar-refractivity contribution in [2.45, 2.75) is 5.41 Å². The minimum atomic E-state index is -0.545. The van der Waals surface area contributed by atoms with Gasteiger partial charge >= 0.3 is 0 Å². The Balaban J connectivity index is 1.57. The molecule has 0 bridgehead atoms. The first-order chi connectivity index (χ1) is 23.9. The lowest BCUT2D eigenvalue weighted by atomic mass is 9.66. The fraction of sp³-hybridized carbons (Fsp3) is 0.0213. The van der Waals surface area contributed by atoms with E-state index < -0.39 is 5.41 Å². The normalized spacial score (nSPS) is 12.8. The van der Waals surface area contributed by atoms with Gasteiger partial charge in [0.25, 0.3) is 0 Å². The average molecular weight is 612 g/mol. The molecule has 0 atom stereocenters. The Morgan fingerprint density at radius 3 is 1.35 bits per heavy atom. The summed E-state index contributed by atoms with van der Waals surface area (Å²) in [5, 5.41) is 2.50. The molecule has 1 nitrogen and oxygen atoms in total. The third-order valence-corrected chi connectivity index (χ3v) is 9.89. The monoisotopic (exact) mass is 611 g/mol. The van der Waals surface area contributed by atoms with Crippen LogP contribution in [0.25, 0.3) is 33.0 Å². The Bertz CT molecular complexity index is 2290. The number of hydrogen-bond donors (Lipinski definition) is 0. The van der Waals surface area contributed by atoms with Crippen LogP contribution < -0.4 is 4.90 Å². The van der Waals surface area contributed by atoms with Crippen molar-refractivity contribution in [1.29, 1.82) is 0 Å². The van der Waals surface area contributed by atoms with E-state index in [1.165, 1.54) is 61.0 Å². The fourth-order valence-corrected chi connectivity index (χ4v) is 8.06. The van der Waals surface area contributed by atoms with Gasteiger partial charge in [0.1, 0.15) is 0 Å². The van der Waals surface area contributed by atoms with Crippen molar-refractivity contribution < 1.29 is 0 Å². The Labute approximate surface area is 282 Å². The van der Waals surface area contributed by atoms with Crippen LogP contribution in [0.3, 0.4) is 0 Å². The van der Waals surface area contributed by atoms with Crippen LogP contribution in [0.15, 0.2) is 200 Å². The predicted molar refractivity (Wildman–Crippen MR) is 201 cm³/mol. The fourth-order valence-electron chi connectivity index (χ4n) is 8.06. The summed E-state index contributed by atoms with van der Waals surface area (Å²) in [6.45, 7) is 0. The van der Waals surface area contributed by atoms with E-state index in [9.17, 15) is 0 Å². The molecule has 0 aliphatic heterocycles. The second-order valence-electron chi connectivity index (χ2n) is 12.4. The molecule has 0 saturated heterocycles. The predicted octanol–water partition coefficient (Wildman–Crippen LogP) is 12.3. The van der Waals surface area contributed by atoms with Crippen LogP contribution in [0.1, 0.15) is 22.3 Å². The highest BCUT2D eigenvalue weighted by Gasteiger charge is 2.49. The Morgan fingerprint density at radius 1 is 0.354 bits per heavy atom. The molecule has 0 saturated carbocycles. The summed E-state index contributed by atoms with van der Waals surface area (Å²) >= 11 is 0. The summed E-state index contributed by atoms with van der Waals surface area (Å²) in [4.78, 5) is 2.48. The number of para-hydroxylation sites is 2. The third kappa shape index (κ3) is 4.18. The third-order valence-electron chi connectivity index (χ3n) is 9.89. The smallest absolute Gasteiger partial charge is 0.0720 e. The first-order valence-corrected chi connectivity index (χ1v) is 16.6. The molecule has 0 heterocycles. The second-order valence-corrected chi connectivity index (χ2v) is 12.4. The van der Waals surface area contributed by atoms with E-state index in [1.54, 1.807) is 0 Å². The van der Waals surface area contributed by atoms with Crippen LogP contribution in [0, 0.1) is 0 Å². The summed E-state index contributed by atoms with van der Waals surface area (Å²) in [7, 11) is 0. The van der Waals surface area contributed by atoms with Gasteiger partial charge in [-0.15, -0.1) is 0 Å². The van der Waals surface area contributed by atoms with Crippen molar-refractivity contribution in [1.82, 2.24) is 0 Å². The van der Waals surface area contributed by atoms with Crippen LogP contribution in [0.5, 0.6) is 0 Å². The standard InChI is InChI=1S/C47H33N/c1-6-20-34(21-7-1)43-39-30-16-17-31-40(39)45-44(46(43)48(37-26-12-4-13-27-37)38-28-14-5-15-29-38)41-32-18-19-33-42(41)47(45,35-22-8-2-9-23-35)36-24-10-3-11-25-36/h1-33H. The molecule has 9 rings (SSSR count). The highest BCUT2D eigenvalue weighted by atomic mass is 15.1. The zero-order chi connectivity index (χ0) is 31.9. The van der Waals surface area contributed by atoms with Crippen molar-refractivity contribution in [2.75, 3.05) is 4.90 Å². The summed E-state index contributed by atoms with van der Waals surface area (Å²) in [5.74, 6) is 0. The zero-order valence-electron chi connectivity index (χ0n) is 26.5. The number of nitrogens with zero attached hydrogens (tertiary/aromatic N) is 1. The van der Waals surface area contributed by atoms with Gasteiger partial charge < -0.3 is 4.90 Å². The molecule has 0 N–H and O–H groups in total. The van der Waals surface area contributed by atoms with Gasteiger partial charge in [0.05, 0.1) is 11.1 Å². The zero-order valence-corrected chi connectivity index (χ0v) is 26.5. The van der Waals surface area contributed by atoms with E-state index in [2.05, 4.69) is 205 Å². The van der Waals surface area contributed by atoms with Crippen molar-refractivity contribution in [3.63, 3.8) is 0 Å². The molecule has 0 unspecified atom stereocenters. The highest BCUT2D eigenvalue weighted by molar-refractivity contribution is 6.16. The maximum absolute atomic E-state index is 2.48. The van der Waals surface area contributed by atoms with Gasteiger partial charge in [0.2, 0.25) is 0 Å². The topological polar surface area (TPSA) is 3.24 Å². The van der Waals surface area contributed by atoms with E-state index in [0.29, 0.717) is 0 Å². The Hall–Kier alpha value is -6.18. The van der Waals surface area contributed by atoms with Crippen LogP contribution in [-0.4, -0.2) is 0 Å². The molecule has 0 radical (unpaired) electrons. The van der Waals surface area contributed by atoms with E-state index in [1.807, 2.05) is 0 Å². The lowest BCUT2D eigenvalue weighted by molar-refractivity contribution is 0.775. The van der Waals surface area contributed by atoms with Crippen molar-refractivity contribution >= 4 is 27.8 Å². The van der Waals surface area contributed by atoms with Crippen molar-refractivity contribution in [2.24, 2.45) is 0 Å². The molecule has 0 spiro atoms. The molecule has 1 aliphatic carbocycles. The van der Waals surface area contributed by atoms with Gasteiger partial charge in [-0.1, -0.05) is 176 Å². The Morgan fingerprint density at radius 2 is 0.792 bits per heavy atom. The van der Waals surface area contributed by atoms with Crippen molar-refractivity contribution in [3.05, 3.63) is 222 Å². The first kappa shape index (κ1) is 28.1. The number of benzene rings is 8. The van der Waals surface area contributed by atoms with E-state index >= 15 is 0 Å². The maximum atomic E-state index is 2.48. The van der Waals surface area contributed by atoms with Crippen LogP contribution in [0.4, 0.5) is 17.1 Å². The molecular formula is C47H33N. The summed E-state index contributed by atoms with van der Waals surface area (Å²) in [6.07, 6.45) is 0. The maximum Gasteiger partial charge on any atom is 0.0720 e. The minimum Gasteiger partial charge on any atom is -0.309 e. The summed E-state index contributed by atoms with van der Waals surface area (Å²) < 4.78 is 0. The van der Waals surface area contributed by atoms with Gasteiger partial charge in [0.15, 0.2) is 0 Å². The molecule has 0 amide bonds. The molecule has 8 aromatic carbocycles. The second kappa shape index (κ2) is 11.6. The molecule has 48 heavy (non-hydrogen) atoms. The summed E-state index contributed by atoms with van der Waals surface area (Å²) in [6, 6.07) is 73.0. The molecule has 8 aromatic rings. The first-order valence-electron chi connectivity index (χ1n) is 16.6. The van der Waals surface area contributed by atoms with Crippen LogP contribution >= 0.6 is 0 Å². The van der Waals surface area contributed by atoms with Crippen molar-refractivity contribution in [3.8, 4) is 22.3 Å². The van der Waals surface area contributed by atoms with E-state index in [0.717, 1.165) is 11.4 Å². The quantitative estimate of drug-likeness (QED) is 0.181. The molecule has 0 fully saturated rings. The van der Waals surface area contributed by atoms with Gasteiger partial charge in [-0.05, 0) is 68.4 Å².